The summed E-state index contributed by atoms with van der Waals surface area (Å²) >= 11 is 1.72. The van der Waals surface area contributed by atoms with Crippen molar-refractivity contribution >= 4 is 17.3 Å². The van der Waals surface area contributed by atoms with Gasteiger partial charge in [0.1, 0.15) is 5.01 Å². The molecule has 0 saturated carbocycles. The van der Waals surface area contributed by atoms with Crippen molar-refractivity contribution in [3.63, 3.8) is 0 Å². The zero-order valence-corrected chi connectivity index (χ0v) is 15.5. The lowest BCUT2D eigenvalue weighted by atomic mass is 9.93. The van der Waals surface area contributed by atoms with Crippen LogP contribution in [0.2, 0.25) is 0 Å². The van der Waals surface area contributed by atoms with Crippen molar-refractivity contribution in [2.24, 2.45) is 10.9 Å². The summed E-state index contributed by atoms with van der Waals surface area (Å²) in [6.07, 6.45) is 2.52. The maximum Gasteiger partial charge on any atom is 0.194 e. The average Bonchev–Trinajstić information content (AvgIpc) is 2.93. The van der Waals surface area contributed by atoms with Gasteiger partial charge in [-0.25, -0.2) is 9.98 Å². The Morgan fingerprint density at radius 1 is 1.41 bits per heavy atom. The van der Waals surface area contributed by atoms with Crippen LogP contribution in [0.5, 0.6) is 0 Å². The van der Waals surface area contributed by atoms with Gasteiger partial charge in [0.2, 0.25) is 0 Å². The van der Waals surface area contributed by atoms with Crippen LogP contribution in [-0.2, 0) is 12.0 Å². The Bertz CT molecular complexity index is 493. The van der Waals surface area contributed by atoms with Crippen LogP contribution in [-0.4, -0.2) is 35.5 Å². The fraction of sp³-hybridized carbons (Fsp3) is 0.765. The molecule has 0 bridgehead atoms. The number of aliphatic imine (C=N–C) groups is 1. The molecule has 1 saturated heterocycles. The van der Waals surface area contributed by atoms with Gasteiger partial charge in [0, 0.05) is 30.4 Å². The normalized spacial score (nSPS) is 17.9. The van der Waals surface area contributed by atoms with Gasteiger partial charge >= 0.3 is 0 Å². The Balaban J connectivity index is 2.02. The smallest absolute Gasteiger partial charge is 0.194 e. The van der Waals surface area contributed by atoms with Crippen molar-refractivity contribution < 1.29 is 0 Å². The molecule has 0 spiro atoms. The molecule has 124 valence electrons. The minimum atomic E-state index is 0.117. The van der Waals surface area contributed by atoms with Crippen molar-refractivity contribution in [3.8, 4) is 0 Å². The Hall–Kier alpha value is -1.10. The third-order valence-electron chi connectivity index (χ3n) is 4.10. The van der Waals surface area contributed by atoms with E-state index in [1.807, 2.05) is 0 Å². The van der Waals surface area contributed by atoms with Crippen molar-refractivity contribution in [2.45, 2.75) is 59.4 Å². The van der Waals surface area contributed by atoms with Crippen molar-refractivity contribution in [1.29, 1.82) is 0 Å². The van der Waals surface area contributed by atoms with Gasteiger partial charge in [-0.3, -0.25) is 0 Å². The largest absolute Gasteiger partial charge is 0.357 e. The first-order chi connectivity index (χ1) is 10.4. The first-order valence-corrected chi connectivity index (χ1v) is 9.26. The maximum absolute atomic E-state index is 4.81. The zero-order chi connectivity index (χ0) is 16.2. The van der Waals surface area contributed by atoms with E-state index in [9.17, 15) is 0 Å². The molecule has 5 heteroatoms. The fourth-order valence-corrected chi connectivity index (χ4v) is 3.46. The minimum absolute atomic E-state index is 0.117. The molecule has 0 aliphatic carbocycles. The lowest BCUT2D eigenvalue weighted by Gasteiger charge is -2.32. The topological polar surface area (TPSA) is 40.5 Å². The Morgan fingerprint density at radius 3 is 2.64 bits per heavy atom. The molecule has 1 aromatic rings. The molecule has 1 aromatic heterocycles. The molecule has 0 radical (unpaired) electrons. The first kappa shape index (κ1) is 17.3. The minimum Gasteiger partial charge on any atom is -0.357 e. The lowest BCUT2D eigenvalue weighted by molar-refractivity contribution is 0.273. The summed E-state index contributed by atoms with van der Waals surface area (Å²) in [7, 11) is 0. The van der Waals surface area contributed by atoms with Crippen LogP contribution in [0.3, 0.4) is 0 Å². The van der Waals surface area contributed by atoms with E-state index in [1.54, 1.807) is 11.3 Å². The summed E-state index contributed by atoms with van der Waals surface area (Å²) in [6, 6.07) is 0. The molecule has 4 nitrogen and oxygen atoms in total. The number of likely N-dealkylation sites (tertiary alicyclic amines) is 1. The number of hydrogen-bond donors (Lipinski definition) is 1. The highest BCUT2D eigenvalue weighted by molar-refractivity contribution is 7.09. The molecule has 22 heavy (non-hydrogen) atoms. The standard InChI is InChI=1S/C17H30N4S/c1-6-18-16(21-9-7-13(2)8-10-21)19-11-15-20-14(12-22-15)17(3,4)5/h12-13H,6-11H2,1-5H3,(H,18,19). The van der Waals surface area contributed by atoms with E-state index in [0.717, 1.165) is 36.5 Å². The van der Waals surface area contributed by atoms with Crippen LogP contribution >= 0.6 is 11.3 Å². The third kappa shape index (κ3) is 4.70. The molecule has 2 heterocycles. The van der Waals surface area contributed by atoms with E-state index in [0.29, 0.717) is 6.54 Å². The summed E-state index contributed by atoms with van der Waals surface area (Å²) < 4.78 is 0. The molecule has 1 aliphatic rings. The van der Waals surface area contributed by atoms with E-state index < -0.39 is 0 Å². The fourth-order valence-electron chi connectivity index (χ4n) is 2.52. The van der Waals surface area contributed by atoms with E-state index in [-0.39, 0.29) is 5.41 Å². The molecule has 0 unspecified atom stereocenters. The molecule has 0 atom stereocenters. The summed E-state index contributed by atoms with van der Waals surface area (Å²) in [4.78, 5) is 11.9. The highest BCUT2D eigenvalue weighted by Gasteiger charge is 2.19. The van der Waals surface area contributed by atoms with E-state index in [4.69, 9.17) is 9.98 Å². The van der Waals surface area contributed by atoms with Crippen molar-refractivity contribution in [3.05, 3.63) is 16.1 Å². The number of rotatable bonds is 3. The van der Waals surface area contributed by atoms with Gasteiger partial charge in [0.25, 0.3) is 0 Å². The van der Waals surface area contributed by atoms with Gasteiger partial charge in [-0.15, -0.1) is 11.3 Å². The highest BCUT2D eigenvalue weighted by atomic mass is 32.1. The van der Waals surface area contributed by atoms with Crippen LogP contribution < -0.4 is 5.32 Å². The quantitative estimate of drug-likeness (QED) is 0.682. The highest BCUT2D eigenvalue weighted by Crippen LogP contribution is 2.24. The molecular formula is C17H30N4S. The van der Waals surface area contributed by atoms with Crippen LogP contribution in [0.4, 0.5) is 0 Å². The predicted molar refractivity (Wildman–Crippen MR) is 95.6 cm³/mol. The molecular weight excluding hydrogens is 292 g/mol. The maximum atomic E-state index is 4.81. The Labute approximate surface area is 139 Å². The third-order valence-corrected chi connectivity index (χ3v) is 4.94. The molecule has 1 aliphatic heterocycles. The second-order valence-corrected chi connectivity index (χ2v) is 8.16. The van der Waals surface area contributed by atoms with Crippen LogP contribution in [0, 0.1) is 5.92 Å². The lowest BCUT2D eigenvalue weighted by Crippen LogP contribution is -2.45. The second kappa shape index (κ2) is 7.44. The van der Waals surface area contributed by atoms with E-state index in [2.05, 4.69) is 50.2 Å². The molecule has 0 aromatic carbocycles. The van der Waals surface area contributed by atoms with E-state index >= 15 is 0 Å². The van der Waals surface area contributed by atoms with E-state index in [1.165, 1.54) is 18.5 Å². The Morgan fingerprint density at radius 2 is 2.09 bits per heavy atom. The van der Waals surface area contributed by atoms with Crippen molar-refractivity contribution in [1.82, 2.24) is 15.2 Å². The SMILES string of the molecule is CCNC(=NCc1nc(C(C)(C)C)cs1)N1CCC(C)CC1. The van der Waals surface area contributed by atoms with Gasteiger partial charge < -0.3 is 10.2 Å². The van der Waals surface area contributed by atoms with Crippen LogP contribution in [0.25, 0.3) is 0 Å². The summed E-state index contributed by atoms with van der Waals surface area (Å²) in [5.74, 6) is 1.88. The van der Waals surface area contributed by atoms with Gasteiger partial charge in [0.15, 0.2) is 5.96 Å². The number of hydrogen-bond acceptors (Lipinski definition) is 3. The summed E-state index contributed by atoms with van der Waals surface area (Å²) in [5.41, 5.74) is 1.28. The first-order valence-electron chi connectivity index (χ1n) is 8.38. The second-order valence-electron chi connectivity index (χ2n) is 7.22. The monoisotopic (exact) mass is 322 g/mol. The molecule has 0 amide bonds. The summed E-state index contributed by atoms with van der Waals surface area (Å²) in [5, 5.41) is 6.70. The number of piperidine rings is 1. The van der Waals surface area contributed by atoms with Crippen LogP contribution in [0.1, 0.15) is 58.2 Å². The Kier molecular flexibility index (Phi) is 5.84. The number of thiazole rings is 1. The van der Waals surface area contributed by atoms with Crippen molar-refractivity contribution in [2.75, 3.05) is 19.6 Å². The van der Waals surface area contributed by atoms with Crippen LogP contribution in [0.15, 0.2) is 10.4 Å². The number of nitrogens with zero attached hydrogens (tertiary/aromatic N) is 3. The predicted octanol–water partition coefficient (Wildman–Crippen LogP) is 3.64. The van der Waals surface area contributed by atoms with Gasteiger partial charge in [-0.1, -0.05) is 27.7 Å². The average molecular weight is 323 g/mol. The zero-order valence-electron chi connectivity index (χ0n) is 14.6. The molecule has 1 N–H and O–H groups in total. The van der Waals surface area contributed by atoms with Gasteiger partial charge in [0.05, 0.1) is 12.2 Å². The summed E-state index contributed by atoms with van der Waals surface area (Å²) in [6.45, 7) is 14.9. The molecule has 2 rings (SSSR count). The number of aromatic nitrogens is 1. The van der Waals surface area contributed by atoms with Gasteiger partial charge in [-0.2, -0.15) is 0 Å². The molecule has 1 fully saturated rings. The number of nitrogens with one attached hydrogen (secondary N) is 1. The number of guanidine groups is 1. The van der Waals surface area contributed by atoms with Gasteiger partial charge in [-0.05, 0) is 25.7 Å².